The molecule has 6 heteroatoms. The first-order chi connectivity index (χ1) is 8.76. The highest BCUT2D eigenvalue weighted by atomic mass is 32.2. The first-order valence-corrected chi connectivity index (χ1v) is 7.18. The van der Waals surface area contributed by atoms with Gasteiger partial charge in [0.15, 0.2) is 5.65 Å². The van der Waals surface area contributed by atoms with Crippen molar-refractivity contribution in [1.82, 2.24) is 25.3 Å². The Morgan fingerprint density at radius 3 is 2.89 bits per heavy atom. The Morgan fingerprint density at radius 2 is 2.17 bits per heavy atom. The van der Waals surface area contributed by atoms with E-state index in [4.69, 9.17) is 0 Å². The fourth-order valence-corrected chi connectivity index (χ4v) is 3.18. The number of aromatic nitrogens is 4. The van der Waals surface area contributed by atoms with E-state index in [1.54, 1.807) is 24.4 Å². The Labute approximate surface area is 111 Å². The molecule has 0 aliphatic carbocycles. The summed E-state index contributed by atoms with van der Waals surface area (Å²) in [6.07, 6.45) is 4.35. The molecule has 0 fully saturated rings. The van der Waals surface area contributed by atoms with Gasteiger partial charge in [-0.1, -0.05) is 32.5 Å². The predicted molar refractivity (Wildman–Crippen MR) is 74.8 cm³/mol. The highest BCUT2D eigenvalue weighted by Crippen LogP contribution is 2.28. The summed E-state index contributed by atoms with van der Waals surface area (Å²) in [4.78, 5) is 15.7. The molecule has 0 spiro atoms. The maximum Gasteiger partial charge on any atom is 0.181 e. The smallest absolute Gasteiger partial charge is 0.181 e. The summed E-state index contributed by atoms with van der Waals surface area (Å²) >= 11 is 1.77. The molecule has 0 saturated heterocycles. The zero-order chi connectivity index (χ0) is 13.0. The van der Waals surface area contributed by atoms with Gasteiger partial charge in [0.2, 0.25) is 0 Å². The molecule has 2 N–H and O–H groups in total. The van der Waals surface area contributed by atoms with Crippen LogP contribution in [0.5, 0.6) is 0 Å². The Balaban J connectivity index is 2.15. The molecule has 0 bridgehead atoms. The van der Waals surface area contributed by atoms with Crippen molar-refractivity contribution in [3.05, 3.63) is 12.7 Å². The van der Waals surface area contributed by atoms with E-state index in [9.17, 15) is 0 Å². The molecule has 2 unspecified atom stereocenters. The number of nitrogens with zero attached hydrogens (tertiary/aromatic N) is 3. The van der Waals surface area contributed by atoms with Gasteiger partial charge in [-0.3, -0.25) is 0 Å². The van der Waals surface area contributed by atoms with Crippen LogP contribution in [0.15, 0.2) is 17.7 Å². The van der Waals surface area contributed by atoms with Crippen molar-refractivity contribution in [3.8, 4) is 0 Å². The summed E-state index contributed by atoms with van der Waals surface area (Å²) in [5.74, 6) is 0. The van der Waals surface area contributed by atoms with Gasteiger partial charge in [-0.25, -0.2) is 15.0 Å². The number of hydrogen-bond donors (Lipinski definition) is 2. The monoisotopic (exact) mass is 265 g/mol. The molecule has 2 heterocycles. The fourth-order valence-electron chi connectivity index (χ4n) is 1.99. The molecule has 2 aromatic heterocycles. The van der Waals surface area contributed by atoms with Crippen LogP contribution in [0.3, 0.4) is 0 Å². The number of fused-ring (bicyclic) bond motifs is 1. The quantitative estimate of drug-likeness (QED) is 0.619. The van der Waals surface area contributed by atoms with Gasteiger partial charge in [0.25, 0.3) is 0 Å². The number of imidazole rings is 1. The highest BCUT2D eigenvalue weighted by Gasteiger charge is 2.18. The van der Waals surface area contributed by atoms with Crippen molar-refractivity contribution in [2.75, 3.05) is 6.54 Å². The second kappa shape index (κ2) is 6.15. The minimum Gasteiger partial charge on any atom is -0.341 e. The first kappa shape index (κ1) is 13.3. The van der Waals surface area contributed by atoms with Crippen molar-refractivity contribution >= 4 is 22.9 Å². The molecule has 0 aliphatic rings. The molecule has 0 aromatic carbocycles. The third-order valence-corrected chi connectivity index (χ3v) is 4.19. The van der Waals surface area contributed by atoms with E-state index in [0.717, 1.165) is 29.2 Å². The van der Waals surface area contributed by atoms with Crippen LogP contribution in [0.1, 0.15) is 27.2 Å². The van der Waals surface area contributed by atoms with Crippen molar-refractivity contribution in [2.45, 2.75) is 43.5 Å². The summed E-state index contributed by atoms with van der Waals surface area (Å²) in [7, 11) is 0. The van der Waals surface area contributed by atoms with Crippen LogP contribution in [-0.2, 0) is 0 Å². The third-order valence-electron chi connectivity index (χ3n) is 2.96. The van der Waals surface area contributed by atoms with Crippen LogP contribution >= 0.6 is 11.8 Å². The highest BCUT2D eigenvalue weighted by molar-refractivity contribution is 8.00. The Morgan fingerprint density at radius 1 is 1.33 bits per heavy atom. The van der Waals surface area contributed by atoms with Crippen molar-refractivity contribution in [1.29, 1.82) is 0 Å². The molecule has 0 aliphatic heterocycles. The Hall–Kier alpha value is -1.14. The summed E-state index contributed by atoms with van der Waals surface area (Å²) in [6, 6.07) is 0.493. The topological polar surface area (TPSA) is 66.5 Å². The second-order valence-electron chi connectivity index (χ2n) is 4.18. The van der Waals surface area contributed by atoms with Gasteiger partial charge in [-0.15, -0.1) is 0 Å². The number of hydrogen-bond acceptors (Lipinski definition) is 5. The van der Waals surface area contributed by atoms with Crippen LogP contribution in [0.4, 0.5) is 0 Å². The van der Waals surface area contributed by atoms with Crippen LogP contribution < -0.4 is 5.32 Å². The van der Waals surface area contributed by atoms with E-state index >= 15 is 0 Å². The molecule has 2 aromatic rings. The van der Waals surface area contributed by atoms with Gasteiger partial charge in [0, 0.05) is 11.3 Å². The molecule has 2 atom stereocenters. The zero-order valence-electron chi connectivity index (χ0n) is 11.0. The number of nitrogens with one attached hydrogen (secondary N) is 2. The van der Waals surface area contributed by atoms with E-state index in [0.29, 0.717) is 11.3 Å². The standard InChI is InChI=1S/C12H19N5S/c1-4-9(13-5-2)8(3)18-12-10-11(15-6-14-10)16-7-17-12/h6-9,13H,4-5H2,1-3H3,(H,14,15,16,17). The molecule has 0 radical (unpaired) electrons. The van der Waals surface area contributed by atoms with Gasteiger partial charge in [-0.05, 0) is 13.0 Å². The number of thioether (sulfide) groups is 1. The molecule has 0 saturated carbocycles. The van der Waals surface area contributed by atoms with E-state index < -0.39 is 0 Å². The van der Waals surface area contributed by atoms with Gasteiger partial charge in [0.05, 0.1) is 6.33 Å². The lowest BCUT2D eigenvalue weighted by Crippen LogP contribution is -2.35. The van der Waals surface area contributed by atoms with Gasteiger partial charge < -0.3 is 10.3 Å². The number of aromatic amines is 1. The zero-order valence-corrected chi connectivity index (χ0v) is 11.8. The van der Waals surface area contributed by atoms with Gasteiger partial charge in [-0.2, -0.15) is 0 Å². The van der Waals surface area contributed by atoms with Crippen molar-refractivity contribution < 1.29 is 0 Å². The van der Waals surface area contributed by atoms with Crippen LogP contribution in [0, 0.1) is 0 Å². The number of rotatable bonds is 6. The molecule has 2 rings (SSSR count). The third kappa shape index (κ3) is 2.81. The van der Waals surface area contributed by atoms with Gasteiger partial charge >= 0.3 is 0 Å². The second-order valence-corrected chi connectivity index (χ2v) is 5.54. The molecule has 0 amide bonds. The maximum atomic E-state index is 4.35. The predicted octanol–water partition coefficient (Wildman–Crippen LogP) is 2.22. The van der Waals surface area contributed by atoms with Crippen molar-refractivity contribution in [3.63, 3.8) is 0 Å². The summed E-state index contributed by atoms with van der Waals surface area (Å²) in [5.41, 5.74) is 1.66. The van der Waals surface area contributed by atoms with Gasteiger partial charge in [0.1, 0.15) is 16.9 Å². The lowest BCUT2D eigenvalue weighted by atomic mass is 10.2. The van der Waals surface area contributed by atoms with E-state index in [1.165, 1.54) is 0 Å². The summed E-state index contributed by atoms with van der Waals surface area (Å²) in [6.45, 7) is 7.56. The van der Waals surface area contributed by atoms with Crippen molar-refractivity contribution in [2.24, 2.45) is 0 Å². The van der Waals surface area contributed by atoms with E-state index in [2.05, 4.69) is 46.0 Å². The molecule has 5 nitrogen and oxygen atoms in total. The first-order valence-electron chi connectivity index (χ1n) is 6.30. The average Bonchev–Trinajstić information content (AvgIpc) is 2.85. The molecular weight excluding hydrogens is 246 g/mol. The minimum absolute atomic E-state index is 0.455. The maximum absolute atomic E-state index is 4.35. The van der Waals surface area contributed by atoms with Crippen LogP contribution in [0.25, 0.3) is 11.2 Å². The number of H-pyrrole nitrogens is 1. The van der Waals surface area contributed by atoms with E-state index in [1.807, 2.05) is 0 Å². The Kier molecular flexibility index (Phi) is 4.54. The Bertz CT molecular complexity index is 498. The fraction of sp³-hybridized carbons (Fsp3) is 0.583. The summed E-state index contributed by atoms with van der Waals surface area (Å²) in [5, 5.41) is 4.93. The minimum atomic E-state index is 0.455. The van der Waals surface area contributed by atoms with Crippen LogP contribution in [0.2, 0.25) is 0 Å². The average molecular weight is 265 g/mol. The summed E-state index contributed by atoms with van der Waals surface area (Å²) < 4.78 is 0. The normalized spacial score (nSPS) is 14.8. The largest absolute Gasteiger partial charge is 0.341 e. The SMILES string of the molecule is CCNC(CC)C(C)Sc1ncnc2nc[nH]c12. The lowest BCUT2D eigenvalue weighted by molar-refractivity contribution is 0.509. The molecule has 98 valence electrons. The lowest BCUT2D eigenvalue weighted by Gasteiger charge is -2.22. The molecule has 18 heavy (non-hydrogen) atoms. The van der Waals surface area contributed by atoms with E-state index in [-0.39, 0.29) is 0 Å². The van der Waals surface area contributed by atoms with Crippen LogP contribution in [-0.4, -0.2) is 37.8 Å². The molecular formula is C12H19N5S.